The van der Waals surface area contributed by atoms with E-state index in [0.717, 1.165) is 6.07 Å². The summed E-state index contributed by atoms with van der Waals surface area (Å²) in [5, 5.41) is 10.5. The molecular formula is C18H13BClF2N3O3. The average Bonchev–Trinajstić information content (AvgIpc) is 2.56. The summed E-state index contributed by atoms with van der Waals surface area (Å²) in [5.74, 6) is -2.27. The van der Waals surface area contributed by atoms with Crippen LogP contribution in [0.15, 0.2) is 41.5 Å². The lowest BCUT2D eigenvalue weighted by atomic mass is 9.90. The van der Waals surface area contributed by atoms with E-state index in [-0.39, 0.29) is 10.9 Å². The van der Waals surface area contributed by atoms with E-state index in [0.29, 0.717) is 29.2 Å². The highest BCUT2D eigenvalue weighted by atomic mass is 35.5. The summed E-state index contributed by atoms with van der Waals surface area (Å²) in [6, 6.07) is 4.50. The van der Waals surface area contributed by atoms with Crippen molar-refractivity contribution in [2.45, 2.75) is 19.5 Å². The molecule has 10 heteroatoms. The lowest BCUT2D eigenvalue weighted by Crippen LogP contribution is -2.36. The third kappa shape index (κ3) is 3.90. The first-order valence-electron chi connectivity index (χ1n) is 7.96. The Labute approximate surface area is 164 Å². The van der Waals surface area contributed by atoms with Crippen molar-refractivity contribution in [3.05, 3.63) is 80.8 Å². The van der Waals surface area contributed by atoms with Crippen LogP contribution in [0.3, 0.4) is 0 Å². The molecule has 3 heterocycles. The minimum absolute atomic E-state index is 0.132. The van der Waals surface area contributed by atoms with Crippen LogP contribution in [-0.4, -0.2) is 27.5 Å². The van der Waals surface area contributed by atoms with Crippen LogP contribution in [-0.2, 0) is 5.69 Å². The molecule has 1 N–H and O–H groups in total. The molecule has 3 rings (SSSR count). The van der Waals surface area contributed by atoms with E-state index in [1.165, 1.54) is 22.9 Å². The van der Waals surface area contributed by atoms with Crippen LogP contribution < -0.4 is 10.3 Å². The molecule has 1 unspecified atom stereocenters. The predicted octanol–water partition coefficient (Wildman–Crippen LogP) is 2.53. The van der Waals surface area contributed by atoms with Gasteiger partial charge in [0.2, 0.25) is 5.69 Å². The number of halogens is 3. The van der Waals surface area contributed by atoms with Crippen molar-refractivity contribution < 1.29 is 18.6 Å². The zero-order chi connectivity index (χ0) is 20.6. The number of hydrogen-bond acceptors (Lipinski definition) is 5. The number of ether oxygens (including phenoxy) is 1. The highest BCUT2D eigenvalue weighted by Crippen LogP contribution is 2.25. The maximum atomic E-state index is 13.9. The Balaban J connectivity index is 2.01. The van der Waals surface area contributed by atoms with Gasteiger partial charge in [0.1, 0.15) is 22.4 Å². The number of rotatable bonds is 4. The molecule has 0 spiro atoms. The van der Waals surface area contributed by atoms with Crippen LogP contribution in [0.2, 0.25) is 5.15 Å². The summed E-state index contributed by atoms with van der Waals surface area (Å²) in [4.78, 5) is 20.0. The molecule has 3 aromatic rings. The zero-order valence-electron chi connectivity index (χ0n) is 14.8. The Morgan fingerprint density at radius 2 is 1.89 bits per heavy atom. The standard InChI is InChI=1S/C18H13BClF2N3O3/c1-9-7-23-15(20)6-14(9)25-10(2)3-12(5-16(25)26)28-18(19,27)17-13(22)4-11(21)8-24-17/h3-8,27H,1-2H3. The summed E-state index contributed by atoms with van der Waals surface area (Å²) in [6.45, 7) is 3.38. The van der Waals surface area contributed by atoms with Gasteiger partial charge >= 0.3 is 0 Å². The van der Waals surface area contributed by atoms with E-state index in [1.54, 1.807) is 13.8 Å². The summed E-state index contributed by atoms with van der Waals surface area (Å²) in [7, 11) is 5.59. The van der Waals surface area contributed by atoms with Crippen LogP contribution in [0.25, 0.3) is 5.69 Å². The van der Waals surface area contributed by atoms with E-state index >= 15 is 0 Å². The highest BCUT2D eigenvalue weighted by Gasteiger charge is 2.30. The van der Waals surface area contributed by atoms with Gasteiger partial charge in [-0.15, -0.1) is 0 Å². The van der Waals surface area contributed by atoms with Crippen LogP contribution in [0.1, 0.15) is 17.0 Å². The normalized spacial score (nSPS) is 13.2. The monoisotopic (exact) mass is 403 g/mol. The molecule has 1 atom stereocenters. The van der Waals surface area contributed by atoms with E-state index in [2.05, 4.69) is 9.97 Å². The lowest BCUT2D eigenvalue weighted by molar-refractivity contribution is -0.0737. The molecule has 0 aliphatic heterocycles. The zero-order valence-corrected chi connectivity index (χ0v) is 15.5. The molecule has 0 aliphatic rings. The second kappa shape index (κ2) is 7.33. The van der Waals surface area contributed by atoms with Gasteiger partial charge < -0.3 is 9.84 Å². The molecule has 142 valence electrons. The molecule has 28 heavy (non-hydrogen) atoms. The number of pyridine rings is 3. The Kier molecular flexibility index (Phi) is 5.23. The van der Waals surface area contributed by atoms with Gasteiger partial charge in [-0.25, -0.2) is 18.7 Å². The fourth-order valence-electron chi connectivity index (χ4n) is 2.68. The van der Waals surface area contributed by atoms with Gasteiger partial charge in [-0.2, -0.15) is 0 Å². The van der Waals surface area contributed by atoms with Crippen molar-refractivity contribution in [3.63, 3.8) is 0 Å². The predicted molar refractivity (Wildman–Crippen MR) is 98.7 cm³/mol. The van der Waals surface area contributed by atoms with Crippen molar-refractivity contribution in [2.75, 3.05) is 0 Å². The van der Waals surface area contributed by atoms with Gasteiger partial charge in [0.15, 0.2) is 13.7 Å². The van der Waals surface area contributed by atoms with E-state index in [4.69, 9.17) is 24.2 Å². The second-order valence-electron chi connectivity index (χ2n) is 6.08. The van der Waals surface area contributed by atoms with E-state index < -0.39 is 28.6 Å². The Hall–Kier alpha value is -2.78. The largest absolute Gasteiger partial charge is 0.466 e. The van der Waals surface area contributed by atoms with Gasteiger partial charge in [0, 0.05) is 30.1 Å². The maximum absolute atomic E-state index is 13.9. The third-order valence-electron chi connectivity index (χ3n) is 3.89. The first-order chi connectivity index (χ1) is 13.1. The van der Waals surface area contributed by atoms with Gasteiger partial charge in [0.05, 0.1) is 11.9 Å². The van der Waals surface area contributed by atoms with Gasteiger partial charge in [-0.05, 0) is 25.5 Å². The molecule has 0 saturated heterocycles. The fraction of sp³-hybridized carbons (Fsp3) is 0.167. The smallest absolute Gasteiger partial charge is 0.259 e. The Morgan fingerprint density at radius 3 is 2.54 bits per heavy atom. The highest BCUT2D eigenvalue weighted by molar-refractivity contribution is 6.29. The number of aromatic nitrogens is 3. The molecule has 0 amide bonds. The van der Waals surface area contributed by atoms with Crippen LogP contribution in [0.4, 0.5) is 8.78 Å². The van der Waals surface area contributed by atoms with Crippen molar-refractivity contribution in [1.29, 1.82) is 0 Å². The quantitative estimate of drug-likeness (QED) is 0.411. The minimum Gasteiger partial charge on any atom is -0.466 e. The molecule has 3 aromatic heterocycles. The van der Waals surface area contributed by atoms with Crippen LogP contribution in [0, 0.1) is 25.5 Å². The van der Waals surface area contributed by atoms with Gasteiger partial charge in [-0.1, -0.05) is 11.6 Å². The maximum Gasteiger partial charge on any atom is 0.259 e. The first-order valence-corrected chi connectivity index (χ1v) is 8.34. The molecular weight excluding hydrogens is 390 g/mol. The molecule has 0 bridgehead atoms. The third-order valence-corrected chi connectivity index (χ3v) is 4.10. The molecule has 0 saturated carbocycles. The molecule has 0 aliphatic carbocycles. The van der Waals surface area contributed by atoms with Crippen molar-refractivity contribution in [1.82, 2.24) is 14.5 Å². The van der Waals surface area contributed by atoms with Gasteiger partial charge in [0.25, 0.3) is 5.56 Å². The molecule has 6 nitrogen and oxygen atoms in total. The van der Waals surface area contributed by atoms with E-state index in [9.17, 15) is 18.7 Å². The van der Waals surface area contributed by atoms with Crippen LogP contribution >= 0.6 is 11.6 Å². The summed E-state index contributed by atoms with van der Waals surface area (Å²) < 4.78 is 33.4. The van der Waals surface area contributed by atoms with Crippen molar-refractivity contribution in [2.24, 2.45) is 0 Å². The number of aryl methyl sites for hydroxylation is 2. The fourth-order valence-corrected chi connectivity index (χ4v) is 2.83. The molecule has 0 fully saturated rings. The SMILES string of the molecule is [B]C(O)(Oc1cc(C)n(-c2cc(Cl)ncc2C)c(=O)c1)c1ncc(F)cc1F. The van der Waals surface area contributed by atoms with Crippen LogP contribution in [0.5, 0.6) is 5.75 Å². The average molecular weight is 404 g/mol. The number of hydrogen-bond donors (Lipinski definition) is 1. The van der Waals surface area contributed by atoms with Crippen molar-refractivity contribution >= 4 is 19.4 Å². The summed E-state index contributed by atoms with van der Waals surface area (Å²) >= 11 is 5.91. The van der Waals surface area contributed by atoms with Crippen molar-refractivity contribution in [3.8, 4) is 11.4 Å². The molecule has 0 aromatic carbocycles. The number of nitrogens with zero attached hydrogens (tertiary/aromatic N) is 3. The summed E-state index contributed by atoms with van der Waals surface area (Å²) in [6.07, 6.45) is 2.20. The topological polar surface area (TPSA) is 77.2 Å². The summed E-state index contributed by atoms with van der Waals surface area (Å²) in [5.41, 5.74) is -2.31. The van der Waals surface area contributed by atoms with E-state index in [1.807, 2.05) is 0 Å². The lowest BCUT2D eigenvalue weighted by Gasteiger charge is -2.26. The van der Waals surface area contributed by atoms with Gasteiger partial charge in [-0.3, -0.25) is 9.36 Å². The first kappa shape index (κ1) is 20.0. The number of aliphatic hydroxyl groups is 1. The minimum atomic E-state index is -2.72. The second-order valence-corrected chi connectivity index (χ2v) is 6.47. The Morgan fingerprint density at radius 1 is 1.18 bits per heavy atom. The Bertz CT molecular complexity index is 1120. The molecule has 2 radical (unpaired) electrons.